The number of rotatable bonds is 4. The van der Waals surface area contributed by atoms with Crippen LogP contribution < -0.4 is 10.6 Å². The number of nitrogens with one attached hydrogen (secondary N) is 2. The zero-order valence-electron chi connectivity index (χ0n) is 14.0. The number of hydrogen-bond donors (Lipinski definition) is 2. The zero-order chi connectivity index (χ0) is 17.8. The molecule has 1 heterocycles. The minimum atomic E-state index is -0.559. The Labute approximate surface area is 145 Å². The van der Waals surface area contributed by atoms with E-state index in [0.29, 0.717) is 18.7 Å². The molecule has 3 rings (SSSR count). The Bertz CT molecular complexity index is 779. The summed E-state index contributed by atoms with van der Waals surface area (Å²) >= 11 is 0. The maximum Gasteiger partial charge on any atom is 0.254 e. The third kappa shape index (κ3) is 4.15. The van der Waals surface area contributed by atoms with Crippen LogP contribution in [-0.2, 0) is 4.79 Å². The molecule has 2 aromatic rings. The van der Waals surface area contributed by atoms with Gasteiger partial charge in [-0.3, -0.25) is 9.59 Å². The van der Waals surface area contributed by atoms with E-state index in [1.54, 1.807) is 4.90 Å². The van der Waals surface area contributed by atoms with Crippen molar-refractivity contribution in [1.82, 2.24) is 4.90 Å². The van der Waals surface area contributed by atoms with Crippen molar-refractivity contribution >= 4 is 23.2 Å². The summed E-state index contributed by atoms with van der Waals surface area (Å²) in [6.45, 7) is 2.52. The SMILES string of the molecule is CC(=O)Nc1cc(C(=O)N2CCC(Nc3ccccc3)C2)ccc1F. The number of carbonyl (C=O) groups is 2. The van der Waals surface area contributed by atoms with Gasteiger partial charge in [-0.05, 0) is 36.8 Å². The number of para-hydroxylation sites is 1. The van der Waals surface area contributed by atoms with Crippen LogP contribution in [0.4, 0.5) is 15.8 Å². The molecule has 130 valence electrons. The lowest BCUT2D eigenvalue weighted by Crippen LogP contribution is -2.31. The lowest BCUT2D eigenvalue weighted by atomic mass is 10.1. The van der Waals surface area contributed by atoms with Gasteiger partial charge in [0.2, 0.25) is 5.91 Å². The highest BCUT2D eigenvalue weighted by atomic mass is 19.1. The highest BCUT2D eigenvalue weighted by Crippen LogP contribution is 2.21. The molecule has 1 fully saturated rings. The monoisotopic (exact) mass is 341 g/mol. The molecule has 2 aromatic carbocycles. The third-order valence-electron chi connectivity index (χ3n) is 4.14. The molecule has 0 bridgehead atoms. The van der Waals surface area contributed by atoms with E-state index in [0.717, 1.165) is 12.1 Å². The van der Waals surface area contributed by atoms with Crippen LogP contribution in [0.5, 0.6) is 0 Å². The average molecular weight is 341 g/mol. The van der Waals surface area contributed by atoms with Crippen molar-refractivity contribution in [2.45, 2.75) is 19.4 Å². The van der Waals surface area contributed by atoms with Crippen LogP contribution in [0.3, 0.4) is 0 Å². The molecular weight excluding hydrogens is 321 g/mol. The third-order valence-corrected chi connectivity index (χ3v) is 4.14. The van der Waals surface area contributed by atoms with Gasteiger partial charge in [0, 0.05) is 37.3 Å². The minimum Gasteiger partial charge on any atom is -0.380 e. The lowest BCUT2D eigenvalue weighted by molar-refractivity contribution is -0.114. The summed E-state index contributed by atoms with van der Waals surface area (Å²) in [4.78, 5) is 25.5. The molecule has 0 saturated carbocycles. The summed E-state index contributed by atoms with van der Waals surface area (Å²) in [5, 5.41) is 5.82. The topological polar surface area (TPSA) is 61.4 Å². The molecule has 1 aliphatic rings. The normalized spacial score (nSPS) is 16.6. The number of hydrogen-bond acceptors (Lipinski definition) is 3. The van der Waals surface area contributed by atoms with Gasteiger partial charge in [0.05, 0.1) is 5.69 Å². The second-order valence-corrected chi connectivity index (χ2v) is 6.12. The largest absolute Gasteiger partial charge is 0.380 e. The first kappa shape index (κ1) is 17.0. The quantitative estimate of drug-likeness (QED) is 0.898. The molecule has 2 amide bonds. The zero-order valence-corrected chi connectivity index (χ0v) is 14.0. The Morgan fingerprint density at radius 2 is 1.92 bits per heavy atom. The van der Waals surface area contributed by atoms with Gasteiger partial charge < -0.3 is 15.5 Å². The lowest BCUT2D eigenvalue weighted by Gasteiger charge is -2.18. The number of benzene rings is 2. The average Bonchev–Trinajstić information content (AvgIpc) is 3.05. The summed E-state index contributed by atoms with van der Waals surface area (Å²) in [5.41, 5.74) is 1.42. The van der Waals surface area contributed by atoms with Crippen LogP contribution in [-0.4, -0.2) is 35.8 Å². The van der Waals surface area contributed by atoms with Crippen molar-refractivity contribution in [3.63, 3.8) is 0 Å². The maximum absolute atomic E-state index is 13.7. The number of carbonyl (C=O) groups excluding carboxylic acids is 2. The second kappa shape index (κ2) is 7.34. The highest BCUT2D eigenvalue weighted by Gasteiger charge is 2.27. The Morgan fingerprint density at radius 3 is 2.64 bits per heavy atom. The summed E-state index contributed by atoms with van der Waals surface area (Å²) in [5.74, 6) is -1.10. The first-order chi connectivity index (χ1) is 12.0. The molecule has 5 nitrogen and oxygen atoms in total. The fraction of sp³-hybridized carbons (Fsp3) is 0.263. The van der Waals surface area contributed by atoms with Gasteiger partial charge in [-0.1, -0.05) is 18.2 Å². The van der Waals surface area contributed by atoms with Gasteiger partial charge in [-0.15, -0.1) is 0 Å². The van der Waals surface area contributed by atoms with E-state index in [1.807, 2.05) is 30.3 Å². The van der Waals surface area contributed by atoms with Crippen molar-refractivity contribution in [3.8, 4) is 0 Å². The van der Waals surface area contributed by atoms with Gasteiger partial charge in [0.25, 0.3) is 5.91 Å². The molecule has 2 N–H and O–H groups in total. The van der Waals surface area contributed by atoms with E-state index < -0.39 is 5.82 Å². The Morgan fingerprint density at radius 1 is 1.16 bits per heavy atom. The van der Waals surface area contributed by atoms with Gasteiger partial charge in [-0.2, -0.15) is 0 Å². The van der Waals surface area contributed by atoms with E-state index in [4.69, 9.17) is 0 Å². The van der Waals surface area contributed by atoms with Crippen LogP contribution in [0.25, 0.3) is 0 Å². The number of halogens is 1. The summed E-state index contributed by atoms with van der Waals surface area (Å²) < 4.78 is 13.7. The fourth-order valence-electron chi connectivity index (χ4n) is 2.96. The summed E-state index contributed by atoms with van der Waals surface area (Å²) in [6, 6.07) is 14.1. The second-order valence-electron chi connectivity index (χ2n) is 6.12. The van der Waals surface area contributed by atoms with Crippen molar-refractivity contribution in [3.05, 3.63) is 59.9 Å². The molecule has 25 heavy (non-hydrogen) atoms. The van der Waals surface area contributed by atoms with Gasteiger partial charge >= 0.3 is 0 Å². The van der Waals surface area contributed by atoms with Crippen LogP contribution in [0.15, 0.2) is 48.5 Å². The predicted molar refractivity (Wildman–Crippen MR) is 95.1 cm³/mol. The number of amides is 2. The van der Waals surface area contributed by atoms with Gasteiger partial charge in [0.15, 0.2) is 0 Å². The van der Waals surface area contributed by atoms with Gasteiger partial charge in [0.1, 0.15) is 5.82 Å². The van der Waals surface area contributed by atoms with E-state index in [9.17, 15) is 14.0 Å². The van der Waals surface area contributed by atoms with Crippen molar-refractivity contribution < 1.29 is 14.0 Å². The smallest absolute Gasteiger partial charge is 0.254 e. The summed E-state index contributed by atoms with van der Waals surface area (Å²) in [6.07, 6.45) is 0.848. The molecule has 1 aliphatic heterocycles. The first-order valence-corrected chi connectivity index (χ1v) is 8.21. The fourth-order valence-corrected chi connectivity index (χ4v) is 2.96. The molecule has 0 aliphatic carbocycles. The van der Waals surface area contributed by atoms with Gasteiger partial charge in [-0.25, -0.2) is 4.39 Å². The van der Waals surface area contributed by atoms with E-state index >= 15 is 0 Å². The summed E-state index contributed by atoms with van der Waals surface area (Å²) in [7, 11) is 0. The van der Waals surface area contributed by atoms with Crippen LogP contribution in [0.1, 0.15) is 23.7 Å². The first-order valence-electron chi connectivity index (χ1n) is 8.21. The van der Waals surface area contributed by atoms with Crippen molar-refractivity contribution in [1.29, 1.82) is 0 Å². The van der Waals surface area contributed by atoms with E-state index in [2.05, 4.69) is 10.6 Å². The molecule has 0 radical (unpaired) electrons. The molecule has 0 spiro atoms. The molecule has 0 aromatic heterocycles. The van der Waals surface area contributed by atoms with Crippen LogP contribution in [0.2, 0.25) is 0 Å². The van der Waals surface area contributed by atoms with Crippen molar-refractivity contribution in [2.24, 2.45) is 0 Å². The van der Waals surface area contributed by atoms with Crippen LogP contribution >= 0.6 is 0 Å². The Balaban J connectivity index is 1.67. The number of nitrogens with zero attached hydrogens (tertiary/aromatic N) is 1. The van der Waals surface area contributed by atoms with E-state index in [1.165, 1.54) is 25.1 Å². The molecule has 1 saturated heterocycles. The molecular formula is C19H20FN3O2. The Kier molecular flexibility index (Phi) is 4.97. The minimum absolute atomic E-state index is 0.0245. The number of anilines is 2. The maximum atomic E-state index is 13.7. The van der Waals surface area contributed by atoms with E-state index in [-0.39, 0.29) is 23.5 Å². The van der Waals surface area contributed by atoms with Crippen LogP contribution in [0, 0.1) is 5.82 Å². The predicted octanol–water partition coefficient (Wildman–Crippen LogP) is 3.11. The molecule has 6 heteroatoms. The standard InChI is InChI=1S/C19H20FN3O2/c1-13(24)21-18-11-14(7-8-17(18)20)19(25)23-10-9-16(12-23)22-15-5-3-2-4-6-15/h2-8,11,16,22H,9-10,12H2,1H3,(H,21,24). The molecule has 1 atom stereocenters. The Hall–Kier alpha value is -2.89. The highest BCUT2D eigenvalue weighted by molar-refractivity contribution is 5.97. The number of likely N-dealkylation sites (tertiary alicyclic amines) is 1. The molecule has 1 unspecified atom stereocenters. The van der Waals surface area contributed by atoms with Crippen molar-refractivity contribution in [2.75, 3.05) is 23.7 Å².